The zero-order valence-corrected chi connectivity index (χ0v) is 14.1. The molecule has 2 aromatic rings. The van der Waals surface area contributed by atoms with Crippen molar-refractivity contribution < 1.29 is 14.4 Å². The molecule has 23 heavy (non-hydrogen) atoms. The third-order valence-corrected chi connectivity index (χ3v) is 5.79. The summed E-state index contributed by atoms with van der Waals surface area (Å²) in [4.78, 5) is 3.28. The van der Waals surface area contributed by atoms with E-state index in [9.17, 15) is 5.11 Å². The monoisotopic (exact) mass is 329 g/mol. The molecule has 0 spiro atoms. The molecular formula is C18H21N2O2S+. The fourth-order valence-electron chi connectivity index (χ4n) is 3.61. The van der Waals surface area contributed by atoms with E-state index in [0.29, 0.717) is 6.54 Å². The molecule has 0 fully saturated rings. The first kappa shape index (κ1) is 14.7. The maximum Gasteiger partial charge on any atom is 0.280 e. The standard InChI is InChI=1S/C18H21N2O2S/c1-22-15-9-7-14(8-10-15)19-13-18(21,16-5-4-12-23-16)20-11-3-2-6-17(19)20/h4-5,7-10,12,21H,2-3,6,11,13H2,1H3/q+1/t18-/m0/s1. The Hall–Kier alpha value is -1.85. The molecule has 0 saturated carbocycles. The number of amidine groups is 1. The molecule has 4 nitrogen and oxygen atoms in total. The number of aliphatic hydroxyl groups is 1. The SMILES string of the molecule is COc1ccc(N2C[C@](O)(c3cccs3)[N+]3=C2CCCC3)cc1. The molecule has 1 aromatic carbocycles. The number of methoxy groups -OCH3 is 1. The van der Waals surface area contributed by atoms with Crippen LogP contribution in [-0.4, -0.2) is 35.7 Å². The van der Waals surface area contributed by atoms with Crippen LogP contribution in [0.1, 0.15) is 24.1 Å². The van der Waals surface area contributed by atoms with Crippen LogP contribution < -0.4 is 9.64 Å². The zero-order valence-electron chi connectivity index (χ0n) is 13.2. The molecule has 0 aliphatic carbocycles. The van der Waals surface area contributed by atoms with E-state index in [2.05, 4.69) is 21.6 Å². The van der Waals surface area contributed by atoms with Gasteiger partial charge in [0.1, 0.15) is 11.4 Å². The summed E-state index contributed by atoms with van der Waals surface area (Å²) in [6.45, 7) is 1.49. The van der Waals surface area contributed by atoms with Gasteiger partial charge in [0.2, 0.25) is 0 Å². The molecule has 2 aliphatic rings. The van der Waals surface area contributed by atoms with Gasteiger partial charge in [0.05, 0.1) is 18.5 Å². The normalized spacial score (nSPS) is 24.0. The van der Waals surface area contributed by atoms with Crippen LogP contribution in [0.2, 0.25) is 0 Å². The molecule has 1 aromatic heterocycles. The first-order chi connectivity index (χ1) is 11.2. The smallest absolute Gasteiger partial charge is 0.280 e. The van der Waals surface area contributed by atoms with Crippen LogP contribution >= 0.6 is 11.3 Å². The van der Waals surface area contributed by atoms with E-state index in [4.69, 9.17) is 4.74 Å². The van der Waals surface area contributed by atoms with Gasteiger partial charge in [0.15, 0.2) is 6.54 Å². The number of benzene rings is 1. The van der Waals surface area contributed by atoms with Crippen LogP contribution in [0, 0.1) is 0 Å². The summed E-state index contributed by atoms with van der Waals surface area (Å²) in [6.07, 6.45) is 3.33. The van der Waals surface area contributed by atoms with Crippen molar-refractivity contribution in [3.8, 4) is 5.75 Å². The maximum absolute atomic E-state index is 11.4. The highest BCUT2D eigenvalue weighted by atomic mass is 32.1. The molecule has 1 N–H and O–H groups in total. The van der Waals surface area contributed by atoms with Gasteiger partial charge in [-0.2, -0.15) is 0 Å². The molecule has 0 amide bonds. The van der Waals surface area contributed by atoms with Crippen LogP contribution in [0.3, 0.4) is 0 Å². The number of nitrogens with zero attached hydrogens (tertiary/aromatic N) is 2. The van der Waals surface area contributed by atoms with E-state index >= 15 is 0 Å². The zero-order chi connectivity index (χ0) is 15.9. The summed E-state index contributed by atoms with van der Waals surface area (Å²) < 4.78 is 7.46. The third-order valence-electron chi connectivity index (χ3n) is 4.78. The van der Waals surface area contributed by atoms with Crippen molar-refractivity contribution in [1.82, 2.24) is 0 Å². The van der Waals surface area contributed by atoms with Crippen LogP contribution in [0.5, 0.6) is 5.75 Å². The minimum absolute atomic E-state index is 0.579. The lowest BCUT2D eigenvalue weighted by atomic mass is 10.1. The molecule has 0 radical (unpaired) electrons. The molecule has 0 bridgehead atoms. The molecule has 2 aliphatic heterocycles. The van der Waals surface area contributed by atoms with Crippen LogP contribution in [0.4, 0.5) is 5.69 Å². The topological polar surface area (TPSA) is 35.7 Å². The van der Waals surface area contributed by atoms with Gasteiger partial charge in [0, 0.05) is 6.42 Å². The van der Waals surface area contributed by atoms with E-state index in [1.165, 1.54) is 12.3 Å². The predicted octanol–water partition coefficient (Wildman–Crippen LogP) is 3.02. The largest absolute Gasteiger partial charge is 0.497 e. The highest BCUT2D eigenvalue weighted by Crippen LogP contribution is 2.37. The number of thiophene rings is 1. The minimum Gasteiger partial charge on any atom is -0.497 e. The average molecular weight is 329 g/mol. The van der Waals surface area contributed by atoms with Crippen molar-refractivity contribution in [2.75, 3.05) is 25.1 Å². The third kappa shape index (κ3) is 2.35. The van der Waals surface area contributed by atoms with Crippen molar-refractivity contribution in [1.29, 1.82) is 0 Å². The highest BCUT2D eigenvalue weighted by molar-refractivity contribution is 7.10. The minimum atomic E-state index is -0.913. The molecule has 120 valence electrons. The molecule has 0 unspecified atom stereocenters. The van der Waals surface area contributed by atoms with Crippen LogP contribution in [-0.2, 0) is 5.72 Å². The highest BCUT2D eigenvalue weighted by Gasteiger charge is 2.53. The van der Waals surface area contributed by atoms with Crippen LogP contribution in [0.15, 0.2) is 41.8 Å². The molecule has 1 atom stereocenters. The van der Waals surface area contributed by atoms with Gasteiger partial charge in [-0.15, -0.1) is 11.3 Å². The quantitative estimate of drug-likeness (QED) is 0.879. The van der Waals surface area contributed by atoms with E-state index in [-0.39, 0.29) is 0 Å². The van der Waals surface area contributed by atoms with E-state index in [1.54, 1.807) is 18.4 Å². The number of β-amino-alcohol motifs (C(OH)–C–C–N with tert-alkyl or cyclic N) is 1. The molecular weight excluding hydrogens is 308 g/mol. The Balaban J connectivity index is 1.75. The van der Waals surface area contributed by atoms with Crippen molar-refractivity contribution in [2.45, 2.75) is 25.0 Å². The summed E-state index contributed by atoms with van der Waals surface area (Å²) in [7, 11) is 1.68. The molecule has 3 heterocycles. The van der Waals surface area contributed by atoms with Crippen LogP contribution in [0.25, 0.3) is 0 Å². The summed E-state index contributed by atoms with van der Waals surface area (Å²) in [5.74, 6) is 2.09. The number of rotatable bonds is 3. The van der Waals surface area contributed by atoms with E-state index in [0.717, 1.165) is 35.7 Å². The van der Waals surface area contributed by atoms with Crippen molar-refractivity contribution in [2.24, 2.45) is 0 Å². The van der Waals surface area contributed by atoms with Gasteiger partial charge in [-0.05, 0) is 48.6 Å². The Morgan fingerprint density at radius 1 is 1.22 bits per heavy atom. The number of hydrogen-bond donors (Lipinski definition) is 1. The Labute approximate surface area is 140 Å². The first-order valence-corrected chi connectivity index (χ1v) is 8.92. The Bertz CT molecular complexity index is 724. The number of hydrogen-bond acceptors (Lipinski definition) is 4. The van der Waals surface area contributed by atoms with Gasteiger partial charge in [-0.3, -0.25) is 0 Å². The van der Waals surface area contributed by atoms with Crippen molar-refractivity contribution in [3.05, 3.63) is 46.7 Å². The van der Waals surface area contributed by atoms with Crippen molar-refractivity contribution in [3.63, 3.8) is 0 Å². The molecule has 4 rings (SSSR count). The lowest BCUT2D eigenvalue weighted by Crippen LogP contribution is -2.40. The van der Waals surface area contributed by atoms with Crippen molar-refractivity contribution >= 4 is 22.9 Å². The summed E-state index contributed by atoms with van der Waals surface area (Å²) in [5, 5.41) is 13.5. The second-order valence-corrected chi connectivity index (χ2v) is 7.05. The lowest BCUT2D eigenvalue weighted by Gasteiger charge is -2.22. The van der Waals surface area contributed by atoms with Gasteiger partial charge in [0.25, 0.3) is 11.6 Å². The summed E-state index contributed by atoms with van der Waals surface area (Å²) in [6, 6.07) is 12.1. The van der Waals surface area contributed by atoms with Gasteiger partial charge in [-0.25, -0.2) is 9.48 Å². The predicted molar refractivity (Wildman–Crippen MR) is 92.5 cm³/mol. The average Bonchev–Trinajstić information content (AvgIpc) is 3.23. The van der Waals surface area contributed by atoms with E-state index < -0.39 is 5.72 Å². The fraction of sp³-hybridized carbons (Fsp3) is 0.389. The Kier molecular flexibility index (Phi) is 3.62. The van der Waals surface area contributed by atoms with E-state index in [1.807, 2.05) is 29.6 Å². The molecule has 0 saturated heterocycles. The molecule has 5 heteroatoms. The second-order valence-electron chi connectivity index (χ2n) is 6.10. The summed E-state index contributed by atoms with van der Waals surface area (Å²) >= 11 is 1.63. The van der Waals surface area contributed by atoms with Gasteiger partial charge in [-0.1, -0.05) is 6.07 Å². The maximum atomic E-state index is 11.4. The van der Waals surface area contributed by atoms with Gasteiger partial charge < -0.3 is 9.84 Å². The van der Waals surface area contributed by atoms with Gasteiger partial charge >= 0.3 is 0 Å². The first-order valence-electron chi connectivity index (χ1n) is 8.04. The Morgan fingerprint density at radius 2 is 2.04 bits per heavy atom. The lowest BCUT2D eigenvalue weighted by molar-refractivity contribution is -0.660. The fourth-order valence-corrected chi connectivity index (χ4v) is 4.44. The summed E-state index contributed by atoms with van der Waals surface area (Å²) in [5.41, 5.74) is 0.198. The number of anilines is 1. The second kappa shape index (κ2) is 5.65. The number of ether oxygens (including phenoxy) is 1. The Morgan fingerprint density at radius 3 is 2.74 bits per heavy atom.